The molecule has 12 heteroatoms. The van der Waals surface area contributed by atoms with Gasteiger partial charge in [0.05, 0.1) is 18.8 Å². The van der Waals surface area contributed by atoms with Crippen molar-refractivity contribution >= 4 is 41.1 Å². The summed E-state index contributed by atoms with van der Waals surface area (Å²) in [6.45, 7) is 4.03. The minimum absolute atomic E-state index is 0.0356. The van der Waals surface area contributed by atoms with Gasteiger partial charge in [0.25, 0.3) is 0 Å². The highest BCUT2D eigenvalue weighted by Gasteiger charge is 2.32. The molecule has 10 nitrogen and oxygen atoms in total. The number of halogens is 2. The zero-order valence-corrected chi connectivity index (χ0v) is 19.3. The van der Waals surface area contributed by atoms with Gasteiger partial charge in [0.15, 0.2) is 0 Å². The van der Waals surface area contributed by atoms with Crippen LogP contribution in [0.4, 0.5) is 20.8 Å². The highest BCUT2D eigenvalue weighted by molar-refractivity contribution is 6.27. The van der Waals surface area contributed by atoms with Crippen molar-refractivity contribution in [2.45, 2.75) is 13.0 Å². The first-order valence-corrected chi connectivity index (χ1v) is 11.3. The second-order valence-corrected chi connectivity index (χ2v) is 8.26. The average molecular weight is 491 g/mol. The minimum Gasteiger partial charge on any atom is -0.442 e. The van der Waals surface area contributed by atoms with Crippen molar-refractivity contribution in [3.05, 3.63) is 36.4 Å². The molecule has 0 radical (unpaired) electrons. The Bertz CT molecular complexity index is 1080. The Morgan fingerprint density at radius 1 is 1.21 bits per heavy atom. The van der Waals surface area contributed by atoms with E-state index in [0.717, 1.165) is 0 Å². The lowest BCUT2D eigenvalue weighted by Gasteiger charge is -2.34. The van der Waals surface area contributed by atoms with Crippen molar-refractivity contribution in [1.29, 1.82) is 0 Å². The van der Waals surface area contributed by atoms with Crippen molar-refractivity contribution in [2.24, 2.45) is 0 Å². The smallest absolute Gasteiger partial charge is 0.414 e. The first-order valence-electron chi connectivity index (χ1n) is 10.8. The number of alkyl halides is 1. The summed E-state index contributed by atoms with van der Waals surface area (Å²) in [7, 11) is 0. The van der Waals surface area contributed by atoms with E-state index in [-0.39, 0.29) is 30.8 Å². The van der Waals surface area contributed by atoms with E-state index >= 15 is 0 Å². The SMILES string of the molecule is CC(=O)NC[C@H]1CN(c2ccc(-c3cnc(N4CCN(C(=O)CCl)CC4)nc3)c(F)c2)C(=O)O1. The van der Waals surface area contributed by atoms with E-state index in [1.807, 2.05) is 4.90 Å². The topological polar surface area (TPSA) is 108 Å². The number of carbonyl (C=O) groups is 3. The van der Waals surface area contributed by atoms with Gasteiger partial charge in [-0.15, -0.1) is 11.6 Å². The van der Waals surface area contributed by atoms with Gasteiger partial charge in [-0.1, -0.05) is 0 Å². The normalized spacial score (nSPS) is 18.1. The molecule has 1 aromatic carbocycles. The molecule has 0 bridgehead atoms. The molecular weight excluding hydrogens is 467 g/mol. The van der Waals surface area contributed by atoms with Crippen LogP contribution in [0.25, 0.3) is 11.1 Å². The maximum atomic E-state index is 14.9. The van der Waals surface area contributed by atoms with E-state index in [2.05, 4.69) is 15.3 Å². The summed E-state index contributed by atoms with van der Waals surface area (Å²) in [6.07, 6.45) is 1.99. The number of piperazine rings is 1. The molecule has 1 aromatic heterocycles. The van der Waals surface area contributed by atoms with E-state index in [0.29, 0.717) is 48.9 Å². The molecule has 0 saturated carbocycles. The Morgan fingerprint density at radius 2 is 1.91 bits per heavy atom. The molecule has 0 spiro atoms. The molecule has 0 aliphatic carbocycles. The maximum absolute atomic E-state index is 14.9. The summed E-state index contributed by atoms with van der Waals surface area (Å²) in [5, 5.41) is 2.60. The quantitative estimate of drug-likeness (QED) is 0.613. The van der Waals surface area contributed by atoms with Crippen LogP contribution >= 0.6 is 11.6 Å². The molecule has 2 saturated heterocycles. The van der Waals surface area contributed by atoms with Gasteiger partial charge in [0, 0.05) is 56.6 Å². The number of aromatic nitrogens is 2. The van der Waals surface area contributed by atoms with E-state index in [4.69, 9.17) is 16.3 Å². The van der Waals surface area contributed by atoms with Crippen LogP contribution in [-0.2, 0) is 14.3 Å². The molecule has 3 amide bonds. The molecule has 2 aliphatic heterocycles. The molecule has 2 aromatic rings. The summed E-state index contributed by atoms with van der Waals surface area (Å²) in [6, 6.07) is 4.45. The Balaban J connectivity index is 1.41. The first-order chi connectivity index (χ1) is 16.4. The van der Waals surface area contributed by atoms with Crippen LogP contribution in [0.1, 0.15) is 6.92 Å². The summed E-state index contributed by atoms with van der Waals surface area (Å²) in [5.74, 6) is -0.376. The van der Waals surface area contributed by atoms with Crippen molar-refractivity contribution in [3.8, 4) is 11.1 Å². The number of hydrogen-bond acceptors (Lipinski definition) is 7. The number of benzene rings is 1. The lowest BCUT2D eigenvalue weighted by Crippen LogP contribution is -2.49. The number of nitrogens with one attached hydrogen (secondary N) is 1. The largest absolute Gasteiger partial charge is 0.442 e. The standard InChI is InChI=1S/C22H24ClFN6O4/c1-14(31)25-12-17-13-30(22(33)34-17)16-2-3-18(19(24)8-16)15-10-26-21(27-11-15)29-6-4-28(5-7-29)20(32)9-23/h2-3,8,10-11,17H,4-7,9,12-13H2,1H3,(H,25,31)/t17-/m0/s1. The van der Waals surface area contributed by atoms with Crippen molar-refractivity contribution in [3.63, 3.8) is 0 Å². The van der Waals surface area contributed by atoms with Crippen LogP contribution in [0.15, 0.2) is 30.6 Å². The number of nitrogens with zero attached hydrogens (tertiary/aromatic N) is 5. The number of ether oxygens (including phenoxy) is 1. The molecule has 2 aliphatic rings. The number of rotatable bonds is 6. The summed E-state index contributed by atoms with van der Waals surface area (Å²) in [5.41, 5.74) is 1.16. The van der Waals surface area contributed by atoms with Gasteiger partial charge < -0.3 is 19.9 Å². The van der Waals surface area contributed by atoms with Gasteiger partial charge in [-0.25, -0.2) is 19.2 Å². The molecule has 2 fully saturated rings. The number of carbonyl (C=O) groups excluding carboxylic acids is 3. The molecule has 180 valence electrons. The molecule has 3 heterocycles. The molecule has 4 rings (SSSR count). The Kier molecular flexibility index (Phi) is 7.11. The fourth-order valence-electron chi connectivity index (χ4n) is 3.87. The van der Waals surface area contributed by atoms with E-state index < -0.39 is 18.0 Å². The second-order valence-electron chi connectivity index (χ2n) is 7.99. The van der Waals surface area contributed by atoms with Crippen LogP contribution in [0.2, 0.25) is 0 Å². The van der Waals surface area contributed by atoms with Gasteiger partial charge in [-0.2, -0.15) is 0 Å². The van der Waals surface area contributed by atoms with Crippen molar-refractivity contribution < 1.29 is 23.5 Å². The predicted octanol–water partition coefficient (Wildman–Crippen LogP) is 1.63. The van der Waals surface area contributed by atoms with Crippen LogP contribution < -0.4 is 15.1 Å². The first kappa shape index (κ1) is 23.7. The maximum Gasteiger partial charge on any atom is 0.414 e. The molecule has 34 heavy (non-hydrogen) atoms. The summed E-state index contributed by atoms with van der Waals surface area (Å²) < 4.78 is 20.2. The predicted molar refractivity (Wildman–Crippen MR) is 123 cm³/mol. The van der Waals surface area contributed by atoms with Crippen LogP contribution in [0.5, 0.6) is 0 Å². The van der Waals surface area contributed by atoms with Crippen LogP contribution in [-0.4, -0.2) is 84.0 Å². The zero-order chi connectivity index (χ0) is 24.2. The fourth-order valence-corrected chi connectivity index (χ4v) is 4.04. The Labute approximate surface area is 200 Å². The summed E-state index contributed by atoms with van der Waals surface area (Å²) >= 11 is 5.61. The number of cyclic esters (lactones) is 1. The number of amides is 3. The van der Waals surface area contributed by atoms with Crippen LogP contribution in [0.3, 0.4) is 0 Å². The third kappa shape index (κ3) is 5.19. The monoisotopic (exact) mass is 490 g/mol. The zero-order valence-electron chi connectivity index (χ0n) is 18.5. The fraction of sp³-hybridized carbons (Fsp3) is 0.409. The number of hydrogen-bond donors (Lipinski definition) is 1. The van der Waals surface area contributed by atoms with Crippen LogP contribution in [0, 0.1) is 5.82 Å². The highest BCUT2D eigenvalue weighted by atomic mass is 35.5. The Hall–Kier alpha value is -3.47. The van der Waals surface area contributed by atoms with Gasteiger partial charge >= 0.3 is 6.09 Å². The van der Waals surface area contributed by atoms with Gasteiger partial charge in [-0.3, -0.25) is 14.5 Å². The van der Waals surface area contributed by atoms with Crippen molar-refractivity contribution in [1.82, 2.24) is 20.2 Å². The lowest BCUT2D eigenvalue weighted by molar-refractivity contribution is -0.128. The summed E-state index contributed by atoms with van der Waals surface area (Å²) in [4.78, 5) is 48.7. The van der Waals surface area contributed by atoms with Gasteiger partial charge in [-0.05, 0) is 18.2 Å². The van der Waals surface area contributed by atoms with Gasteiger partial charge in [0.2, 0.25) is 17.8 Å². The molecule has 1 atom stereocenters. The molecular formula is C22H24ClFN6O4. The van der Waals surface area contributed by atoms with Crippen molar-refractivity contribution in [2.75, 3.05) is 54.9 Å². The third-order valence-electron chi connectivity index (χ3n) is 5.70. The highest BCUT2D eigenvalue weighted by Crippen LogP contribution is 2.29. The van der Waals surface area contributed by atoms with E-state index in [9.17, 15) is 18.8 Å². The van der Waals surface area contributed by atoms with Gasteiger partial charge in [0.1, 0.15) is 17.8 Å². The van der Waals surface area contributed by atoms with E-state index in [1.165, 1.54) is 17.9 Å². The second kappa shape index (κ2) is 10.2. The minimum atomic E-state index is -0.594. The Morgan fingerprint density at radius 3 is 2.53 bits per heavy atom. The van der Waals surface area contributed by atoms with E-state index in [1.54, 1.807) is 29.4 Å². The lowest BCUT2D eigenvalue weighted by atomic mass is 10.1. The number of anilines is 2. The molecule has 1 N–H and O–H groups in total. The average Bonchev–Trinajstić information content (AvgIpc) is 3.23. The third-order valence-corrected chi connectivity index (χ3v) is 5.92. The molecule has 0 unspecified atom stereocenters.